The molecule has 0 N–H and O–H groups in total. The van der Waals surface area contributed by atoms with Gasteiger partial charge < -0.3 is 9.64 Å². The molecule has 3 rings (SSSR count). The van der Waals surface area contributed by atoms with Crippen LogP contribution in [-0.4, -0.2) is 29.7 Å². The van der Waals surface area contributed by atoms with E-state index in [0.29, 0.717) is 11.8 Å². The molecular weight excluding hydrogens is 366 g/mol. The fourth-order valence-electron chi connectivity index (χ4n) is 3.64. The first-order chi connectivity index (χ1) is 11.2. The van der Waals surface area contributed by atoms with Gasteiger partial charge in [-0.05, 0) is 81.0 Å². The summed E-state index contributed by atoms with van der Waals surface area (Å²) >= 11 is 3.68. The molecule has 1 aliphatic heterocycles. The Morgan fingerprint density at radius 3 is 2.42 bits per heavy atom. The molecule has 3 nitrogen and oxygen atoms in total. The Kier molecular flexibility index (Phi) is 4.96. The summed E-state index contributed by atoms with van der Waals surface area (Å²) in [6.45, 7) is 9.55. The number of rotatable bonds is 2. The Hall–Kier alpha value is -1.03. The highest BCUT2D eigenvalue weighted by atomic mass is 79.9. The zero-order valence-corrected chi connectivity index (χ0v) is 16.7. The van der Waals surface area contributed by atoms with E-state index < -0.39 is 5.60 Å². The first-order valence-corrected chi connectivity index (χ1v) is 9.80. The molecule has 1 aromatic rings. The normalized spacial score (nSPS) is 24.8. The molecule has 1 heterocycles. The molecule has 1 aromatic carbocycles. The number of carbonyl (C=O) groups is 1. The van der Waals surface area contributed by atoms with E-state index in [1.807, 2.05) is 25.7 Å². The molecule has 2 unspecified atom stereocenters. The minimum absolute atomic E-state index is 0.180. The molecule has 132 valence electrons. The summed E-state index contributed by atoms with van der Waals surface area (Å²) < 4.78 is 6.71. The van der Waals surface area contributed by atoms with E-state index in [4.69, 9.17) is 4.74 Å². The van der Waals surface area contributed by atoms with Gasteiger partial charge in [0.25, 0.3) is 0 Å². The third-order valence-electron chi connectivity index (χ3n) is 4.98. The van der Waals surface area contributed by atoms with Crippen LogP contribution in [-0.2, 0) is 4.74 Å². The van der Waals surface area contributed by atoms with Crippen LogP contribution in [0.25, 0.3) is 0 Å². The van der Waals surface area contributed by atoms with Crippen molar-refractivity contribution in [2.75, 3.05) is 13.1 Å². The maximum absolute atomic E-state index is 12.3. The van der Waals surface area contributed by atoms with Gasteiger partial charge >= 0.3 is 6.09 Å². The van der Waals surface area contributed by atoms with Crippen molar-refractivity contribution >= 4 is 22.0 Å². The van der Waals surface area contributed by atoms with Crippen LogP contribution in [0.15, 0.2) is 22.7 Å². The Morgan fingerprint density at radius 2 is 1.83 bits per heavy atom. The largest absolute Gasteiger partial charge is 0.444 e. The average molecular weight is 394 g/mol. The number of benzene rings is 1. The molecular formula is C20H28BrNO2. The summed E-state index contributed by atoms with van der Waals surface area (Å²) in [5.41, 5.74) is 2.46. The van der Waals surface area contributed by atoms with Crippen molar-refractivity contribution in [3.63, 3.8) is 0 Å². The van der Waals surface area contributed by atoms with Gasteiger partial charge in [-0.2, -0.15) is 0 Å². The van der Waals surface area contributed by atoms with Crippen molar-refractivity contribution in [2.45, 2.75) is 64.4 Å². The van der Waals surface area contributed by atoms with Crippen molar-refractivity contribution in [3.05, 3.63) is 33.8 Å². The van der Waals surface area contributed by atoms with Crippen LogP contribution in [0.1, 0.15) is 69.9 Å². The topological polar surface area (TPSA) is 29.5 Å². The minimum Gasteiger partial charge on any atom is -0.444 e. The molecule has 2 atom stereocenters. The van der Waals surface area contributed by atoms with Gasteiger partial charge in [-0.25, -0.2) is 4.79 Å². The number of ether oxygens (including phenoxy) is 1. The van der Waals surface area contributed by atoms with E-state index in [1.165, 1.54) is 28.4 Å². The molecule has 0 bridgehead atoms. The molecule has 4 heteroatoms. The molecule has 0 aromatic heterocycles. The van der Waals surface area contributed by atoms with Crippen molar-refractivity contribution in [1.82, 2.24) is 4.90 Å². The van der Waals surface area contributed by atoms with Crippen molar-refractivity contribution in [1.29, 1.82) is 0 Å². The third kappa shape index (κ3) is 4.33. The standard InChI is InChI=1S/C20H28BrNO2/c1-13-12-22(19(23)24-20(2,3)4)8-7-18(13)16-9-15(14-5-6-14)10-17(21)11-16/h9-11,13-14,18H,5-8,12H2,1-4H3. The van der Waals surface area contributed by atoms with E-state index in [0.717, 1.165) is 25.4 Å². The summed E-state index contributed by atoms with van der Waals surface area (Å²) in [4.78, 5) is 14.2. The number of amides is 1. The van der Waals surface area contributed by atoms with Crippen LogP contribution in [0, 0.1) is 5.92 Å². The number of hydrogen-bond acceptors (Lipinski definition) is 2. The van der Waals surface area contributed by atoms with Gasteiger partial charge in [-0.1, -0.05) is 28.9 Å². The van der Waals surface area contributed by atoms with Gasteiger partial charge in [0.05, 0.1) is 0 Å². The van der Waals surface area contributed by atoms with Crippen LogP contribution in [0.5, 0.6) is 0 Å². The summed E-state index contributed by atoms with van der Waals surface area (Å²) in [6, 6.07) is 6.92. The summed E-state index contributed by atoms with van der Waals surface area (Å²) in [7, 11) is 0. The van der Waals surface area contributed by atoms with Gasteiger partial charge in [-0.3, -0.25) is 0 Å². The Labute approximate surface area is 153 Å². The monoisotopic (exact) mass is 393 g/mol. The molecule has 0 radical (unpaired) electrons. The number of carbonyl (C=O) groups excluding carboxylic acids is 1. The molecule has 0 spiro atoms. The highest BCUT2D eigenvalue weighted by Gasteiger charge is 2.33. The van der Waals surface area contributed by atoms with Crippen LogP contribution in [0.4, 0.5) is 4.79 Å². The maximum atomic E-state index is 12.3. The van der Waals surface area contributed by atoms with Crippen LogP contribution >= 0.6 is 15.9 Å². The molecule has 2 fully saturated rings. The number of piperidine rings is 1. The van der Waals surface area contributed by atoms with Gasteiger partial charge in [0.2, 0.25) is 0 Å². The SMILES string of the molecule is CC1CN(C(=O)OC(C)(C)C)CCC1c1cc(Br)cc(C2CC2)c1. The Bertz CT molecular complexity index is 619. The van der Waals surface area contributed by atoms with Crippen molar-refractivity contribution < 1.29 is 9.53 Å². The van der Waals surface area contributed by atoms with Crippen molar-refractivity contribution in [3.8, 4) is 0 Å². The summed E-state index contributed by atoms with van der Waals surface area (Å²) in [5.74, 6) is 1.71. The number of likely N-dealkylation sites (tertiary alicyclic amines) is 1. The first-order valence-electron chi connectivity index (χ1n) is 9.01. The van der Waals surface area contributed by atoms with E-state index in [9.17, 15) is 4.79 Å². The lowest BCUT2D eigenvalue weighted by atomic mass is 9.81. The number of hydrogen-bond donors (Lipinski definition) is 0. The Morgan fingerprint density at radius 1 is 1.17 bits per heavy atom. The van der Waals surface area contributed by atoms with Gasteiger partial charge in [0.1, 0.15) is 5.60 Å². The smallest absolute Gasteiger partial charge is 0.410 e. The van der Waals surface area contributed by atoms with E-state index in [1.54, 1.807) is 0 Å². The second-order valence-corrected chi connectivity index (χ2v) is 9.31. The van der Waals surface area contributed by atoms with Crippen molar-refractivity contribution in [2.24, 2.45) is 5.92 Å². The number of nitrogens with zero attached hydrogens (tertiary/aromatic N) is 1. The molecule has 1 aliphatic carbocycles. The lowest BCUT2D eigenvalue weighted by Gasteiger charge is -2.38. The first kappa shape index (κ1) is 17.8. The van der Waals surface area contributed by atoms with Gasteiger partial charge in [0.15, 0.2) is 0 Å². The van der Waals surface area contributed by atoms with E-state index in [2.05, 4.69) is 41.1 Å². The lowest BCUT2D eigenvalue weighted by molar-refractivity contribution is 0.0155. The average Bonchev–Trinajstić information content (AvgIpc) is 3.29. The predicted molar refractivity (Wildman–Crippen MR) is 100 cm³/mol. The quantitative estimate of drug-likeness (QED) is 0.645. The summed E-state index contributed by atoms with van der Waals surface area (Å²) in [5, 5.41) is 0. The summed E-state index contributed by atoms with van der Waals surface area (Å²) in [6.07, 6.45) is 3.46. The predicted octanol–water partition coefficient (Wildman–Crippen LogP) is 5.69. The van der Waals surface area contributed by atoms with E-state index in [-0.39, 0.29) is 6.09 Å². The minimum atomic E-state index is -0.430. The second-order valence-electron chi connectivity index (χ2n) is 8.39. The fraction of sp³-hybridized carbons (Fsp3) is 0.650. The fourth-order valence-corrected chi connectivity index (χ4v) is 4.16. The van der Waals surface area contributed by atoms with Gasteiger partial charge in [0, 0.05) is 17.6 Å². The zero-order chi connectivity index (χ0) is 17.5. The van der Waals surface area contributed by atoms with Crippen LogP contribution < -0.4 is 0 Å². The molecule has 2 aliphatic rings. The highest BCUT2D eigenvalue weighted by Crippen LogP contribution is 2.43. The second kappa shape index (κ2) is 6.70. The number of halogens is 1. The zero-order valence-electron chi connectivity index (χ0n) is 15.1. The maximum Gasteiger partial charge on any atom is 0.410 e. The van der Waals surface area contributed by atoms with E-state index >= 15 is 0 Å². The lowest BCUT2D eigenvalue weighted by Crippen LogP contribution is -2.44. The Balaban J connectivity index is 1.69. The third-order valence-corrected chi connectivity index (χ3v) is 5.43. The molecule has 24 heavy (non-hydrogen) atoms. The highest BCUT2D eigenvalue weighted by molar-refractivity contribution is 9.10. The van der Waals surface area contributed by atoms with Crippen LogP contribution in [0.3, 0.4) is 0 Å². The molecule has 1 saturated heterocycles. The van der Waals surface area contributed by atoms with Gasteiger partial charge in [-0.15, -0.1) is 0 Å². The molecule has 1 amide bonds. The molecule has 1 saturated carbocycles. The van der Waals surface area contributed by atoms with Crippen LogP contribution in [0.2, 0.25) is 0 Å².